The summed E-state index contributed by atoms with van der Waals surface area (Å²) in [6.45, 7) is 1.58. The van der Waals surface area contributed by atoms with Crippen LogP contribution in [0.1, 0.15) is 24.1 Å². The normalized spacial score (nSPS) is 17.5. The van der Waals surface area contributed by atoms with Gasteiger partial charge in [-0.05, 0) is 17.2 Å². The van der Waals surface area contributed by atoms with Crippen molar-refractivity contribution in [1.82, 2.24) is 0 Å². The minimum atomic E-state index is -0.920. The smallest absolute Gasteiger partial charge is 0.308 e. The van der Waals surface area contributed by atoms with Gasteiger partial charge < -0.3 is 15.7 Å². The van der Waals surface area contributed by atoms with E-state index >= 15 is 0 Å². The summed E-state index contributed by atoms with van der Waals surface area (Å²) in [4.78, 5) is 24.1. The average molecular weight is 248 g/mol. The second-order valence-corrected chi connectivity index (χ2v) is 4.67. The zero-order chi connectivity index (χ0) is 13.4. The molecular weight excluding hydrogens is 232 g/mol. The van der Waals surface area contributed by atoms with Crippen molar-refractivity contribution in [1.29, 1.82) is 0 Å². The summed E-state index contributed by atoms with van der Waals surface area (Å²) < 4.78 is 0. The lowest BCUT2D eigenvalue weighted by atomic mass is 9.94. The predicted molar refractivity (Wildman–Crippen MR) is 67.3 cm³/mol. The van der Waals surface area contributed by atoms with Gasteiger partial charge in [0.05, 0.1) is 12.3 Å². The molecule has 0 aliphatic carbocycles. The molecule has 1 aromatic rings. The molecule has 2 unspecified atom stereocenters. The number of nitrogens with two attached hydrogens (primary N) is 1. The maximum absolute atomic E-state index is 11.6. The van der Waals surface area contributed by atoms with Crippen LogP contribution in [0, 0.1) is 5.92 Å². The SMILES string of the molecule is CC(C(=O)O)C(N)c1ccc2c(c1)CC(=O)N2C. The molecule has 5 nitrogen and oxygen atoms in total. The molecule has 96 valence electrons. The van der Waals surface area contributed by atoms with Gasteiger partial charge in [-0.25, -0.2) is 0 Å². The number of amides is 1. The number of hydrogen-bond acceptors (Lipinski definition) is 3. The molecular formula is C13H16N2O3. The average Bonchev–Trinajstić information content (AvgIpc) is 2.62. The molecule has 0 spiro atoms. The van der Waals surface area contributed by atoms with Gasteiger partial charge in [0, 0.05) is 18.8 Å². The molecule has 2 rings (SSSR count). The molecule has 0 saturated carbocycles. The second-order valence-electron chi connectivity index (χ2n) is 4.67. The number of carbonyl (C=O) groups excluding carboxylic acids is 1. The van der Waals surface area contributed by atoms with Gasteiger partial charge in [-0.15, -0.1) is 0 Å². The van der Waals surface area contributed by atoms with Crippen LogP contribution in [0.4, 0.5) is 5.69 Å². The highest BCUT2D eigenvalue weighted by molar-refractivity contribution is 6.00. The van der Waals surface area contributed by atoms with Crippen LogP contribution >= 0.6 is 0 Å². The Balaban J connectivity index is 2.31. The number of fused-ring (bicyclic) bond motifs is 1. The highest BCUT2D eigenvalue weighted by Gasteiger charge is 2.27. The highest BCUT2D eigenvalue weighted by atomic mass is 16.4. The van der Waals surface area contributed by atoms with E-state index in [9.17, 15) is 9.59 Å². The Bertz CT molecular complexity index is 513. The molecule has 1 aromatic carbocycles. The van der Waals surface area contributed by atoms with E-state index in [2.05, 4.69) is 0 Å². The van der Waals surface area contributed by atoms with Gasteiger partial charge in [-0.2, -0.15) is 0 Å². The standard InChI is InChI=1S/C13H16N2O3/c1-7(13(17)18)12(14)8-3-4-10-9(5-8)6-11(16)15(10)2/h3-5,7,12H,6,14H2,1-2H3,(H,17,18). The molecule has 0 bridgehead atoms. The third-order valence-corrected chi connectivity index (χ3v) is 3.49. The van der Waals surface area contributed by atoms with E-state index in [-0.39, 0.29) is 5.91 Å². The molecule has 1 amide bonds. The molecule has 0 saturated heterocycles. The van der Waals surface area contributed by atoms with E-state index in [0.717, 1.165) is 16.8 Å². The molecule has 1 aliphatic rings. The van der Waals surface area contributed by atoms with E-state index < -0.39 is 17.9 Å². The van der Waals surface area contributed by atoms with E-state index in [1.807, 2.05) is 12.1 Å². The van der Waals surface area contributed by atoms with E-state index in [0.29, 0.717) is 6.42 Å². The number of hydrogen-bond donors (Lipinski definition) is 2. The van der Waals surface area contributed by atoms with Crippen LogP contribution in [0.15, 0.2) is 18.2 Å². The topological polar surface area (TPSA) is 83.6 Å². The number of benzene rings is 1. The fourth-order valence-corrected chi connectivity index (χ4v) is 2.14. The minimum Gasteiger partial charge on any atom is -0.481 e. The molecule has 3 N–H and O–H groups in total. The Morgan fingerprint density at radius 3 is 2.78 bits per heavy atom. The quantitative estimate of drug-likeness (QED) is 0.833. The van der Waals surface area contributed by atoms with Gasteiger partial charge in [-0.1, -0.05) is 19.1 Å². The number of aliphatic carboxylic acids is 1. The van der Waals surface area contributed by atoms with Crippen molar-refractivity contribution >= 4 is 17.6 Å². The summed E-state index contributed by atoms with van der Waals surface area (Å²) in [5.41, 5.74) is 8.46. The highest BCUT2D eigenvalue weighted by Crippen LogP contribution is 2.31. The Hall–Kier alpha value is -1.88. The lowest BCUT2D eigenvalue weighted by Crippen LogP contribution is -2.25. The van der Waals surface area contributed by atoms with Gasteiger partial charge >= 0.3 is 5.97 Å². The summed E-state index contributed by atoms with van der Waals surface area (Å²) in [7, 11) is 1.73. The van der Waals surface area contributed by atoms with Crippen LogP contribution in [0.25, 0.3) is 0 Å². The van der Waals surface area contributed by atoms with Gasteiger partial charge in [0.2, 0.25) is 5.91 Å². The van der Waals surface area contributed by atoms with Gasteiger partial charge in [0.1, 0.15) is 0 Å². The van der Waals surface area contributed by atoms with Crippen LogP contribution in [-0.2, 0) is 16.0 Å². The zero-order valence-electron chi connectivity index (χ0n) is 10.4. The Kier molecular flexibility index (Phi) is 3.09. The number of anilines is 1. The van der Waals surface area contributed by atoms with E-state index in [1.165, 1.54) is 0 Å². The van der Waals surface area contributed by atoms with Crippen molar-refractivity contribution in [3.8, 4) is 0 Å². The number of carbonyl (C=O) groups is 2. The maximum atomic E-state index is 11.6. The number of carboxylic acid groups (broad SMARTS) is 1. The van der Waals surface area contributed by atoms with Crippen molar-refractivity contribution in [3.05, 3.63) is 29.3 Å². The van der Waals surface area contributed by atoms with Crippen LogP contribution in [0.3, 0.4) is 0 Å². The fourth-order valence-electron chi connectivity index (χ4n) is 2.14. The van der Waals surface area contributed by atoms with Crippen LogP contribution in [0.2, 0.25) is 0 Å². The van der Waals surface area contributed by atoms with Gasteiger partial charge in [-0.3, -0.25) is 9.59 Å². The van der Waals surface area contributed by atoms with Gasteiger partial charge in [0.15, 0.2) is 0 Å². The predicted octanol–water partition coefficient (Wildman–Crippen LogP) is 0.926. The van der Waals surface area contributed by atoms with E-state index in [1.54, 1.807) is 24.9 Å². The monoisotopic (exact) mass is 248 g/mol. The Morgan fingerprint density at radius 2 is 2.17 bits per heavy atom. The first-order chi connectivity index (χ1) is 8.41. The number of rotatable bonds is 3. The lowest BCUT2D eigenvalue weighted by molar-refractivity contribution is -0.141. The minimum absolute atomic E-state index is 0.0435. The Labute approximate surface area is 105 Å². The summed E-state index contributed by atoms with van der Waals surface area (Å²) in [5, 5.41) is 8.95. The molecule has 0 fully saturated rings. The molecule has 0 radical (unpaired) electrons. The number of likely N-dealkylation sites (N-methyl/N-ethyl adjacent to an activating group) is 1. The summed E-state index contributed by atoms with van der Waals surface area (Å²) in [6, 6.07) is 4.89. The molecule has 1 aliphatic heterocycles. The van der Waals surface area contributed by atoms with E-state index in [4.69, 9.17) is 10.8 Å². The molecule has 1 heterocycles. The van der Waals surface area contributed by atoms with Crippen molar-refractivity contribution in [3.63, 3.8) is 0 Å². The first-order valence-corrected chi connectivity index (χ1v) is 5.79. The maximum Gasteiger partial charge on any atom is 0.308 e. The number of carboxylic acids is 1. The zero-order valence-corrected chi connectivity index (χ0v) is 10.4. The molecule has 2 atom stereocenters. The van der Waals surface area contributed by atoms with Crippen molar-refractivity contribution in [2.75, 3.05) is 11.9 Å². The Morgan fingerprint density at radius 1 is 1.50 bits per heavy atom. The second kappa shape index (κ2) is 4.42. The number of nitrogens with zero attached hydrogens (tertiary/aromatic N) is 1. The van der Waals surface area contributed by atoms with Crippen LogP contribution in [-0.4, -0.2) is 24.0 Å². The van der Waals surface area contributed by atoms with Crippen molar-refractivity contribution in [2.45, 2.75) is 19.4 Å². The third kappa shape index (κ3) is 1.97. The van der Waals surface area contributed by atoms with Crippen molar-refractivity contribution in [2.24, 2.45) is 11.7 Å². The van der Waals surface area contributed by atoms with Crippen molar-refractivity contribution < 1.29 is 14.7 Å². The molecule has 18 heavy (non-hydrogen) atoms. The molecule has 5 heteroatoms. The van der Waals surface area contributed by atoms with Crippen LogP contribution < -0.4 is 10.6 Å². The largest absolute Gasteiger partial charge is 0.481 e. The molecule has 0 aromatic heterocycles. The lowest BCUT2D eigenvalue weighted by Gasteiger charge is -2.18. The summed E-state index contributed by atoms with van der Waals surface area (Å²) in [6.07, 6.45) is 0.355. The summed E-state index contributed by atoms with van der Waals surface area (Å²) >= 11 is 0. The summed E-state index contributed by atoms with van der Waals surface area (Å²) in [5.74, 6) is -1.53. The first-order valence-electron chi connectivity index (χ1n) is 5.79. The van der Waals surface area contributed by atoms with Crippen LogP contribution in [0.5, 0.6) is 0 Å². The fraction of sp³-hybridized carbons (Fsp3) is 0.385. The third-order valence-electron chi connectivity index (χ3n) is 3.49. The van der Waals surface area contributed by atoms with Gasteiger partial charge in [0.25, 0.3) is 0 Å². The first kappa shape index (κ1) is 12.6.